The van der Waals surface area contributed by atoms with Crippen molar-refractivity contribution in [2.24, 2.45) is 0 Å². The van der Waals surface area contributed by atoms with Crippen molar-refractivity contribution in [2.45, 2.75) is 27.7 Å². The Labute approximate surface area is 109 Å². The van der Waals surface area contributed by atoms with Gasteiger partial charge in [-0.3, -0.25) is 4.57 Å². The summed E-state index contributed by atoms with van der Waals surface area (Å²) in [6.45, 7) is 8.30. The molecule has 0 saturated heterocycles. The summed E-state index contributed by atoms with van der Waals surface area (Å²) in [6.07, 6.45) is 0. The quantitative estimate of drug-likeness (QED) is 0.706. The summed E-state index contributed by atoms with van der Waals surface area (Å²) in [5, 5.41) is 0. The molecule has 1 aromatic rings. The molecule has 0 atom stereocenters. The molecule has 0 spiro atoms. The Kier molecular flexibility index (Phi) is 5.80. The summed E-state index contributed by atoms with van der Waals surface area (Å²) in [6, 6.07) is 8.05. The molecule has 0 aromatic heterocycles. The number of hydrogen-bond acceptors (Lipinski definition) is 3. The smallest absolute Gasteiger partial charge is 0.306 e. The standard InChI is InChI=1S/C14H21O3P/c1-5-16-18(15,17-6-2)11-13(4)14-9-7-8-12(3)10-14/h7-11H,5-6H2,1-4H3/b13-11+. The maximum absolute atomic E-state index is 12.4. The van der Waals surface area contributed by atoms with Crippen LogP contribution >= 0.6 is 7.60 Å². The lowest BCUT2D eigenvalue weighted by atomic mass is 10.1. The van der Waals surface area contributed by atoms with Crippen molar-refractivity contribution in [1.82, 2.24) is 0 Å². The van der Waals surface area contributed by atoms with Crippen LogP contribution in [0.5, 0.6) is 0 Å². The molecule has 0 aliphatic rings. The van der Waals surface area contributed by atoms with Gasteiger partial charge in [-0.15, -0.1) is 0 Å². The summed E-state index contributed by atoms with van der Waals surface area (Å²) in [5.41, 5.74) is 3.11. The van der Waals surface area contributed by atoms with Crippen LogP contribution in [0, 0.1) is 6.92 Å². The van der Waals surface area contributed by atoms with E-state index in [1.54, 1.807) is 5.82 Å². The van der Waals surface area contributed by atoms with Gasteiger partial charge in [0, 0.05) is 5.82 Å². The van der Waals surface area contributed by atoms with Crippen LogP contribution in [0.3, 0.4) is 0 Å². The summed E-state index contributed by atoms with van der Waals surface area (Å²) in [7, 11) is -3.12. The van der Waals surface area contributed by atoms with Crippen molar-refractivity contribution in [3.05, 3.63) is 41.2 Å². The molecule has 0 bridgehead atoms. The lowest BCUT2D eigenvalue weighted by molar-refractivity contribution is 0.229. The number of rotatable bonds is 6. The molecule has 0 saturated carbocycles. The second-order valence-corrected chi connectivity index (χ2v) is 5.91. The van der Waals surface area contributed by atoms with Gasteiger partial charge in [-0.25, -0.2) is 0 Å². The molecule has 0 aliphatic carbocycles. The van der Waals surface area contributed by atoms with E-state index in [2.05, 4.69) is 0 Å². The van der Waals surface area contributed by atoms with Crippen LogP contribution in [0.1, 0.15) is 31.9 Å². The average Bonchev–Trinajstić information content (AvgIpc) is 2.29. The van der Waals surface area contributed by atoms with Crippen molar-refractivity contribution < 1.29 is 13.6 Å². The van der Waals surface area contributed by atoms with Crippen molar-refractivity contribution in [3.8, 4) is 0 Å². The van der Waals surface area contributed by atoms with Crippen molar-refractivity contribution in [2.75, 3.05) is 13.2 Å². The third kappa shape index (κ3) is 4.41. The highest BCUT2D eigenvalue weighted by Gasteiger charge is 2.20. The highest BCUT2D eigenvalue weighted by Crippen LogP contribution is 2.51. The van der Waals surface area contributed by atoms with Crippen LogP contribution in [-0.4, -0.2) is 13.2 Å². The molecule has 0 aliphatic heterocycles. The second kappa shape index (κ2) is 6.89. The van der Waals surface area contributed by atoms with Gasteiger partial charge >= 0.3 is 7.60 Å². The topological polar surface area (TPSA) is 35.5 Å². The maximum atomic E-state index is 12.4. The molecule has 0 unspecified atom stereocenters. The molecular weight excluding hydrogens is 247 g/mol. The van der Waals surface area contributed by atoms with Gasteiger partial charge in [0.25, 0.3) is 0 Å². The molecule has 0 amide bonds. The number of allylic oxidation sites excluding steroid dienone is 1. The van der Waals surface area contributed by atoms with Crippen LogP contribution in [0.15, 0.2) is 30.1 Å². The van der Waals surface area contributed by atoms with Crippen molar-refractivity contribution in [1.29, 1.82) is 0 Å². The fourth-order valence-corrected chi connectivity index (χ4v) is 3.24. The first-order valence-corrected chi connectivity index (χ1v) is 7.77. The average molecular weight is 268 g/mol. The Hall–Kier alpha value is -0.890. The molecule has 18 heavy (non-hydrogen) atoms. The Balaban J connectivity index is 3.02. The van der Waals surface area contributed by atoms with Crippen LogP contribution in [0.25, 0.3) is 5.57 Å². The first-order chi connectivity index (χ1) is 8.50. The largest absolute Gasteiger partial charge is 0.354 e. The lowest BCUT2D eigenvalue weighted by Gasteiger charge is -2.14. The molecule has 0 heterocycles. The molecule has 0 radical (unpaired) electrons. The van der Waals surface area contributed by atoms with Crippen molar-refractivity contribution >= 4 is 13.2 Å². The van der Waals surface area contributed by atoms with Crippen molar-refractivity contribution in [3.63, 3.8) is 0 Å². The Bertz CT molecular complexity index is 456. The Morgan fingerprint density at radius 3 is 2.39 bits per heavy atom. The minimum Gasteiger partial charge on any atom is -0.306 e. The molecule has 3 nitrogen and oxygen atoms in total. The molecular formula is C14H21O3P. The van der Waals surface area contributed by atoms with Gasteiger partial charge in [-0.1, -0.05) is 29.8 Å². The van der Waals surface area contributed by atoms with E-state index in [1.807, 2.05) is 52.0 Å². The van der Waals surface area contributed by atoms with E-state index in [1.165, 1.54) is 5.56 Å². The van der Waals surface area contributed by atoms with E-state index < -0.39 is 7.60 Å². The molecule has 100 valence electrons. The molecule has 0 N–H and O–H groups in total. The summed E-state index contributed by atoms with van der Waals surface area (Å²) >= 11 is 0. The fraction of sp³-hybridized carbons (Fsp3) is 0.429. The van der Waals surface area contributed by atoms with E-state index in [4.69, 9.17) is 9.05 Å². The normalized spacial score (nSPS) is 12.8. The van der Waals surface area contributed by atoms with E-state index in [0.29, 0.717) is 13.2 Å². The molecule has 0 fully saturated rings. The van der Waals surface area contributed by atoms with E-state index in [-0.39, 0.29) is 0 Å². The zero-order chi connectivity index (χ0) is 13.6. The van der Waals surface area contributed by atoms with Gasteiger partial charge in [0.1, 0.15) is 0 Å². The molecule has 4 heteroatoms. The summed E-state index contributed by atoms with van der Waals surface area (Å²) < 4.78 is 22.9. The van der Waals surface area contributed by atoms with Crippen LogP contribution in [0.2, 0.25) is 0 Å². The first-order valence-electron chi connectivity index (χ1n) is 6.16. The van der Waals surface area contributed by atoms with E-state index in [0.717, 1.165) is 11.1 Å². The van der Waals surface area contributed by atoms with Gasteiger partial charge in [-0.05, 0) is 38.8 Å². The minimum atomic E-state index is -3.12. The van der Waals surface area contributed by atoms with Crippen LogP contribution in [0.4, 0.5) is 0 Å². The predicted molar refractivity (Wildman–Crippen MR) is 75.7 cm³/mol. The Morgan fingerprint density at radius 2 is 1.89 bits per heavy atom. The van der Waals surface area contributed by atoms with Crippen LogP contribution < -0.4 is 0 Å². The minimum absolute atomic E-state index is 0.370. The first kappa shape index (κ1) is 15.2. The maximum Gasteiger partial charge on any atom is 0.354 e. The molecule has 1 rings (SSSR count). The second-order valence-electron chi connectivity index (χ2n) is 4.06. The van der Waals surface area contributed by atoms with Crippen LogP contribution in [-0.2, 0) is 13.6 Å². The van der Waals surface area contributed by atoms with Gasteiger partial charge in [0.15, 0.2) is 0 Å². The SMILES string of the molecule is CCOP(=O)(/C=C(\C)c1cccc(C)c1)OCC. The van der Waals surface area contributed by atoms with Gasteiger partial charge in [0.05, 0.1) is 13.2 Å². The Morgan fingerprint density at radius 1 is 1.28 bits per heavy atom. The zero-order valence-electron chi connectivity index (χ0n) is 11.5. The van der Waals surface area contributed by atoms with Gasteiger partial charge in [-0.2, -0.15) is 0 Å². The third-order valence-electron chi connectivity index (χ3n) is 2.44. The molecule has 1 aromatic carbocycles. The predicted octanol–water partition coefficient (Wildman–Crippen LogP) is 4.62. The highest BCUT2D eigenvalue weighted by molar-refractivity contribution is 7.57. The number of aryl methyl sites for hydroxylation is 1. The monoisotopic (exact) mass is 268 g/mol. The zero-order valence-corrected chi connectivity index (χ0v) is 12.4. The van der Waals surface area contributed by atoms with E-state index >= 15 is 0 Å². The third-order valence-corrected chi connectivity index (χ3v) is 4.38. The lowest BCUT2D eigenvalue weighted by Crippen LogP contribution is -1.94. The number of benzene rings is 1. The van der Waals surface area contributed by atoms with Gasteiger partial charge < -0.3 is 9.05 Å². The fourth-order valence-electron chi connectivity index (χ4n) is 1.67. The highest BCUT2D eigenvalue weighted by atomic mass is 31.2. The summed E-state index contributed by atoms with van der Waals surface area (Å²) in [4.78, 5) is 0. The summed E-state index contributed by atoms with van der Waals surface area (Å²) in [5.74, 6) is 1.61. The van der Waals surface area contributed by atoms with E-state index in [9.17, 15) is 4.57 Å². The number of hydrogen-bond donors (Lipinski definition) is 0. The van der Waals surface area contributed by atoms with Gasteiger partial charge in [0.2, 0.25) is 0 Å².